The molecule has 138 valence electrons. The quantitative estimate of drug-likeness (QED) is 0.684. The van der Waals surface area contributed by atoms with Gasteiger partial charge in [0.2, 0.25) is 0 Å². The Hall–Kier alpha value is -2.73. The second kappa shape index (κ2) is 5.89. The average Bonchev–Trinajstić information content (AvgIpc) is 2.59. The lowest BCUT2D eigenvalue weighted by atomic mass is 9.77. The maximum absolute atomic E-state index is 14.0. The first-order valence-corrected chi connectivity index (χ1v) is 8.90. The number of halogens is 2. The molecular weight excluding hydrogens is 350 g/mol. The first-order chi connectivity index (χ1) is 13.0. The molecule has 27 heavy (non-hydrogen) atoms. The lowest BCUT2D eigenvalue weighted by molar-refractivity contribution is -0.127. The zero-order valence-electron chi connectivity index (χ0n) is 14.8. The van der Waals surface area contributed by atoms with Crippen LogP contribution in [-0.4, -0.2) is 31.3 Å². The second-order valence-corrected chi connectivity index (χ2v) is 7.42. The average molecular weight is 368 g/mol. The molecule has 5 rings (SSSR count). The Kier molecular flexibility index (Phi) is 3.59. The van der Waals surface area contributed by atoms with Crippen LogP contribution >= 0.6 is 0 Å². The van der Waals surface area contributed by atoms with Gasteiger partial charge in [0.05, 0.1) is 30.0 Å². The Bertz CT molecular complexity index is 1040. The molecule has 0 N–H and O–H groups in total. The topological polar surface area (TPSA) is 34.6 Å². The Morgan fingerprint density at radius 2 is 1.85 bits per heavy atom. The Balaban J connectivity index is 1.47. The molecule has 2 aliphatic rings. The predicted molar refractivity (Wildman–Crippen MR) is 98.4 cm³/mol. The smallest absolute Gasteiger partial charge is 0.184 e. The Morgan fingerprint density at radius 1 is 1.07 bits per heavy atom. The molecule has 2 saturated heterocycles. The van der Waals surface area contributed by atoms with Gasteiger partial charge in [-0.25, -0.2) is 13.8 Å². The summed E-state index contributed by atoms with van der Waals surface area (Å²) in [6.45, 7) is 5.27. The third kappa shape index (κ3) is 2.63. The van der Waals surface area contributed by atoms with E-state index in [2.05, 4.69) is 9.88 Å². The molecule has 2 aromatic carbocycles. The highest BCUT2D eigenvalue weighted by molar-refractivity contribution is 5.81. The summed E-state index contributed by atoms with van der Waals surface area (Å²) in [5.74, 6) is -0.584. The normalized spacial score (nSPS) is 17.7. The molecule has 2 aliphatic heterocycles. The van der Waals surface area contributed by atoms with Crippen molar-refractivity contribution in [1.82, 2.24) is 4.98 Å². The number of rotatable bonds is 3. The van der Waals surface area contributed by atoms with E-state index in [9.17, 15) is 8.78 Å². The summed E-state index contributed by atoms with van der Waals surface area (Å²) in [5, 5.41) is 0.501. The van der Waals surface area contributed by atoms with Crippen LogP contribution in [-0.2, 0) is 4.74 Å². The molecule has 3 heterocycles. The van der Waals surface area contributed by atoms with Gasteiger partial charge in [0.15, 0.2) is 17.4 Å². The van der Waals surface area contributed by atoms with Crippen molar-refractivity contribution in [3.05, 3.63) is 59.8 Å². The fourth-order valence-corrected chi connectivity index (χ4v) is 3.79. The molecule has 4 nitrogen and oxygen atoms in total. The van der Waals surface area contributed by atoms with Crippen LogP contribution in [0.25, 0.3) is 10.9 Å². The minimum absolute atomic E-state index is 0.0165. The number of aryl methyl sites for hydroxylation is 1. The predicted octanol–water partition coefficient (Wildman–Crippen LogP) is 4.45. The number of pyridine rings is 1. The van der Waals surface area contributed by atoms with Gasteiger partial charge in [-0.3, -0.25) is 0 Å². The number of para-hydroxylation sites is 2. The minimum atomic E-state index is -0.934. The van der Waals surface area contributed by atoms with E-state index in [0.29, 0.717) is 22.2 Å². The van der Waals surface area contributed by atoms with Gasteiger partial charge in [-0.05, 0) is 37.3 Å². The van der Waals surface area contributed by atoms with Crippen LogP contribution in [0.2, 0.25) is 0 Å². The molecule has 0 amide bonds. The molecule has 0 bridgehead atoms. The van der Waals surface area contributed by atoms with Gasteiger partial charge < -0.3 is 14.4 Å². The van der Waals surface area contributed by atoms with Gasteiger partial charge in [0.1, 0.15) is 11.3 Å². The molecule has 0 radical (unpaired) electrons. The van der Waals surface area contributed by atoms with E-state index >= 15 is 0 Å². The Labute approximate surface area is 155 Å². The second-order valence-electron chi connectivity index (χ2n) is 7.42. The van der Waals surface area contributed by atoms with E-state index in [0.717, 1.165) is 43.8 Å². The summed E-state index contributed by atoms with van der Waals surface area (Å²) < 4.78 is 38.9. The standard InChI is InChI=1S/C21H18F2N2O2/c1-13-18(8-14-6-7-15(22)19(23)20(14)24-13)27-17-5-3-2-4-16(17)25-9-21(10-25)11-26-12-21/h2-8H,9-12H2,1H3. The van der Waals surface area contributed by atoms with Crippen molar-refractivity contribution >= 4 is 16.6 Å². The highest BCUT2D eigenvalue weighted by Crippen LogP contribution is 2.44. The third-order valence-electron chi connectivity index (χ3n) is 5.32. The summed E-state index contributed by atoms with van der Waals surface area (Å²) in [6.07, 6.45) is 0. The SMILES string of the molecule is Cc1nc2c(F)c(F)ccc2cc1Oc1ccccc1N1CC2(COC2)C1. The van der Waals surface area contributed by atoms with Crippen LogP contribution in [0.4, 0.5) is 14.5 Å². The molecule has 6 heteroatoms. The number of aromatic nitrogens is 1. The van der Waals surface area contributed by atoms with E-state index < -0.39 is 11.6 Å². The first kappa shape index (κ1) is 16.4. The third-order valence-corrected chi connectivity index (χ3v) is 5.32. The minimum Gasteiger partial charge on any atom is -0.453 e. The number of nitrogens with zero attached hydrogens (tertiary/aromatic N) is 2. The summed E-state index contributed by atoms with van der Waals surface area (Å²) >= 11 is 0. The van der Waals surface area contributed by atoms with Gasteiger partial charge in [-0.1, -0.05) is 12.1 Å². The van der Waals surface area contributed by atoms with Crippen molar-refractivity contribution in [3.63, 3.8) is 0 Å². The molecule has 0 saturated carbocycles. The van der Waals surface area contributed by atoms with Gasteiger partial charge >= 0.3 is 0 Å². The van der Waals surface area contributed by atoms with Crippen LogP contribution in [0.1, 0.15) is 5.69 Å². The van der Waals surface area contributed by atoms with E-state index in [1.165, 1.54) is 6.07 Å². The fourth-order valence-electron chi connectivity index (χ4n) is 3.79. The highest BCUT2D eigenvalue weighted by Gasteiger charge is 2.49. The van der Waals surface area contributed by atoms with Crippen molar-refractivity contribution in [1.29, 1.82) is 0 Å². The number of anilines is 1. The largest absolute Gasteiger partial charge is 0.453 e. The maximum Gasteiger partial charge on any atom is 0.184 e. The molecule has 1 aromatic heterocycles. The summed E-state index contributed by atoms with van der Waals surface area (Å²) in [4.78, 5) is 6.49. The first-order valence-electron chi connectivity index (χ1n) is 8.90. The number of benzene rings is 2. The molecular formula is C21H18F2N2O2. The number of fused-ring (bicyclic) bond motifs is 1. The van der Waals surface area contributed by atoms with Crippen LogP contribution in [0.3, 0.4) is 0 Å². The molecule has 2 fully saturated rings. The maximum atomic E-state index is 14.0. The molecule has 0 unspecified atom stereocenters. The van der Waals surface area contributed by atoms with E-state index in [1.54, 1.807) is 13.0 Å². The molecule has 3 aromatic rings. The van der Waals surface area contributed by atoms with Crippen LogP contribution in [0, 0.1) is 24.0 Å². The van der Waals surface area contributed by atoms with Crippen molar-refractivity contribution < 1.29 is 18.3 Å². The zero-order chi connectivity index (χ0) is 18.6. The highest BCUT2D eigenvalue weighted by atomic mass is 19.2. The lowest BCUT2D eigenvalue weighted by Gasteiger charge is -2.56. The zero-order valence-corrected chi connectivity index (χ0v) is 14.8. The van der Waals surface area contributed by atoms with Crippen molar-refractivity contribution in [2.75, 3.05) is 31.2 Å². The molecule has 0 atom stereocenters. The Morgan fingerprint density at radius 3 is 2.59 bits per heavy atom. The van der Waals surface area contributed by atoms with Gasteiger partial charge in [0.25, 0.3) is 0 Å². The van der Waals surface area contributed by atoms with Gasteiger partial charge in [0, 0.05) is 18.5 Å². The summed E-state index contributed by atoms with van der Waals surface area (Å²) in [6, 6.07) is 12.1. The van der Waals surface area contributed by atoms with E-state index in [-0.39, 0.29) is 5.52 Å². The lowest BCUT2D eigenvalue weighted by Crippen LogP contribution is -2.66. The van der Waals surface area contributed by atoms with Crippen molar-refractivity contribution in [2.45, 2.75) is 6.92 Å². The van der Waals surface area contributed by atoms with Crippen molar-refractivity contribution in [3.8, 4) is 11.5 Å². The number of ether oxygens (including phenoxy) is 2. The summed E-state index contributed by atoms with van der Waals surface area (Å²) in [5.41, 5.74) is 1.84. The molecule has 0 aliphatic carbocycles. The van der Waals surface area contributed by atoms with Crippen LogP contribution in [0.5, 0.6) is 11.5 Å². The molecule has 1 spiro atoms. The van der Waals surface area contributed by atoms with Gasteiger partial charge in [-0.2, -0.15) is 0 Å². The van der Waals surface area contributed by atoms with Crippen molar-refractivity contribution in [2.24, 2.45) is 5.41 Å². The van der Waals surface area contributed by atoms with E-state index in [4.69, 9.17) is 9.47 Å². The summed E-state index contributed by atoms with van der Waals surface area (Å²) in [7, 11) is 0. The monoisotopic (exact) mass is 368 g/mol. The number of hydrogen-bond acceptors (Lipinski definition) is 4. The number of hydrogen-bond donors (Lipinski definition) is 0. The van der Waals surface area contributed by atoms with Crippen LogP contribution in [0.15, 0.2) is 42.5 Å². The fraction of sp³-hybridized carbons (Fsp3) is 0.286. The van der Waals surface area contributed by atoms with E-state index in [1.807, 2.05) is 24.3 Å². The van der Waals surface area contributed by atoms with Crippen LogP contribution < -0.4 is 9.64 Å². The van der Waals surface area contributed by atoms with Gasteiger partial charge in [-0.15, -0.1) is 0 Å².